The van der Waals surface area contributed by atoms with E-state index in [4.69, 9.17) is 10.5 Å². The van der Waals surface area contributed by atoms with Gasteiger partial charge in [0.15, 0.2) is 0 Å². The second-order valence-electron chi connectivity index (χ2n) is 5.57. The fourth-order valence-corrected chi connectivity index (χ4v) is 2.08. The highest BCUT2D eigenvalue weighted by molar-refractivity contribution is 5.02. The van der Waals surface area contributed by atoms with Crippen LogP contribution in [0, 0.1) is 11.3 Å². The van der Waals surface area contributed by atoms with Crippen LogP contribution >= 0.6 is 0 Å². The lowest BCUT2D eigenvalue weighted by molar-refractivity contribution is -0.123. The van der Waals surface area contributed by atoms with Gasteiger partial charge in [-0.05, 0) is 12.3 Å². The standard InChI is InChI=1S/C12H26N2O/c1-9(2)8-15-11-7-10(12(11,3)4)14-6-5-13/h9-11,14H,5-8,13H2,1-4H3. The molecule has 0 aliphatic heterocycles. The third kappa shape index (κ3) is 3.16. The average molecular weight is 214 g/mol. The molecular formula is C12H26N2O. The van der Waals surface area contributed by atoms with E-state index in [1.165, 1.54) is 0 Å². The summed E-state index contributed by atoms with van der Waals surface area (Å²) in [6, 6.07) is 0.568. The first-order chi connectivity index (χ1) is 6.98. The molecule has 1 aliphatic carbocycles. The van der Waals surface area contributed by atoms with Gasteiger partial charge in [0, 0.05) is 31.2 Å². The van der Waals surface area contributed by atoms with Gasteiger partial charge >= 0.3 is 0 Å². The molecule has 0 aromatic rings. The van der Waals surface area contributed by atoms with Gasteiger partial charge in [0.25, 0.3) is 0 Å². The van der Waals surface area contributed by atoms with E-state index in [9.17, 15) is 0 Å². The number of rotatable bonds is 6. The first kappa shape index (κ1) is 12.9. The second-order valence-corrected chi connectivity index (χ2v) is 5.57. The van der Waals surface area contributed by atoms with Crippen molar-refractivity contribution in [3.63, 3.8) is 0 Å². The number of nitrogens with one attached hydrogen (secondary N) is 1. The summed E-state index contributed by atoms with van der Waals surface area (Å²) < 4.78 is 5.89. The summed E-state index contributed by atoms with van der Waals surface area (Å²) in [6.07, 6.45) is 1.54. The minimum atomic E-state index is 0.254. The molecule has 1 fully saturated rings. The molecule has 15 heavy (non-hydrogen) atoms. The summed E-state index contributed by atoms with van der Waals surface area (Å²) in [6.45, 7) is 11.4. The molecule has 1 aliphatic rings. The summed E-state index contributed by atoms with van der Waals surface area (Å²) in [5, 5.41) is 3.47. The molecule has 90 valence electrons. The topological polar surface area (TPSA) is 47.3 Å². The van der Waals surface area contributed by atoms with E-state index in [-0.39, 0.29) is 5.41 Å². The Morgan fingerprint density at radius 3 is 2.60 bits per heavy atom. The van der Waals surface area contributed by atoms with Crippen molar-refractivity contribution in [3.8, 4) is 0 Å². The van der Waals surface area contributed by atoms with E-state index in [1.54, 1.807) is 0 Å². The minimum Gasteiger partial charge on any atom is -0.377 e. The van der Waals surface area contributed by atoms with Crippen LogP contribution in [0.15, 0.2) is 0 Å². The van der Waals surface area contributed by atoms with Crippen LogP contribution in [0.2, 0.25) is 0 Å². The van der Waals surface area contributed by atoms with Crippen LogP contribution in [0.4, 0.5) is 0 Å². The molecule has 0 radical (unpaired) electrons. The minimum absolute atomic E-state index is 0.254. The first-order valence-electron chi connectivity index (χ1n) is 6.03. The monoisotopic (exact) mass is 214 g/mol. The molecule has 0 amide bonds. The zero-order valence-corrected chi connectivity index (χ0v) is 10.5. The van der Waals surface area contributed by atoms with E-state index < -0.39 is 0 Å². The highest BCUT2D eigenvalue weighted by Crippen LogP contribution is 2.42. The summed E-state index contributed by atoms with van der Waals surface area (Å²) in [4.78, 5) is 0. The molecule has 0 aromatic heterocycles. The highest BCUT2D eigenvalue weighted by atomic mass is 16.5. The lowest BCUT2D eigenvalue weighted by Gasteiger charge is -2.52. The SMILES string of the molecule is CC(C)COC1CC(NCCN)C1(C)C. The van der Waals surface area contributed by atoms with Crippen molar-refractivity contribution in [2.24, 2.45) is 17.1 Å². The van der Waals surface area contributed by atoms with Gasteiger partial charge in [0.05, 0.1) is 6.10 Å². The maximum atomic E-state index is 5.89. The van der Waals surface area contributed by atoms with Gasteiger partial charge in [-0.1, -0.05) is 27.7 Å². The summed E-state index contributed by atoms with van der Waals surface area (Å²) in [7, 11) is 0. The van der Waals surface area contributed by atoms with Crippen LogP contribution in [0.5, 0.6) is 0 Å². The molecular weight excluding hydrogens is 188 g/mol. The third-order valence-corrected chi connectivity index (χ3v) is 3.34. The molecule has 2 atom stereocenters. The zero-order valence-electron chi connectivity index (χ0n) is 10.5. The van der Waals surface area contributed by atoms with Crippen LogP contribution < -0.4 is 11.1 Å². The van der Waals surface area contributed by atoms with Gasteiger partial charge < -0.3 is 15.8 Å². The Labute approximate surface area is 93.8 Å². The Morgan fingerprint density at radius 1 is 1.47 bits per heavy atom. The van der Waals surface area contributed by atoms with Crippen molar-refractivity contribution >= 4 is 0 Å². The van der Waals surface area contributed by atoms with Crippen LogP contribution in [0.25, 0.3) is 0 Å². The molecule has 0 saturated heterocycles. The Kier molecular flexibility index (Phi) is 4.56. The van der Waals surface area contributed by atoms with Gasteiger partial charge in [-0.15, -0.1) is 0 Å². The molecule has 1 saturated carbocycles. The lowest BCUT2D eigenvalue weighted by Crippen LogP contribution is -2.61. The predicted molar refractivity (Wildman–Crippen MR) is 63.8 cm³/mol. The largest absolute Gasteiger partial charge is 0.377 e. The molecule has 2 unspecified atom stereocenters. The normalized spacial score (nSPS) is 29.2. The van der Waals surface area contributed by atoms with Gasteiger partial charge in [-0.2, -0.15) is 0 Å². The molecule has 0 aromatic carbocycles. The van der Waals surface area contributed by atoms with Crippen molar-refractivity contribution in [1.82, 2.24) is 5.32 Å². The van der Waals surface area contributed by atoms with Crippen molar-refractivity contribution < 1.29 is 4.74 Å². The number of hydrogen-bond acceptors (Lipinski definition) is 3. The highest BCUT2D eigenvalue weighted by Gasteiger charge is 2.48. The number of ether oxygens (including phenoxy) is 1. The van der Waals surface area contributed by atoms with Crippen LogP contribution in [-0.4, -0.2) is 31.8 Å². The Bertz CT molecular complexity index is 192. The van der Waals surface area contributed by atoms with Crippen LogP contribution in [0.1, 0.15) is 34.1 Å². The summed E-state index contributed by atoms with van der Waals surface area (Å²) >= 11 is 0. The predicted octanol–water partition coefficient (Wildman–Crippen LogP) is 1.37. The van der Waals surface area contributed by atoms with Crippen LogP contribution in [-0.2, 0) is 4.74 Å². The van der Waals surface area contributed by atoms with Gasteiger partial charge in [-0.25, -0.2) is 0 Å². The Balaban J connectivity index is 2.28. The van der Waals surface area contributed by atoms with E-state index in [1.807, 2.05) is 0 Å². The third-order valence-electron chi connectivity index (χ3n) is 3.34. The maximum absolute atomic E-state index is 5.89. The van der Waals surface area contributed by atoms with Crippen molar-refractivity contribution in [1.29, 1.82) is 0 Å². The van der Waals surface area contributed by atoms with Crippen molar-refractivity contribution in [2.45, 2.75) is 46.3 Å². The van der Waals surface area contributed by atoms with Crippen molar-refractivity contribution in [3.05, 3.63) is 0 Å². The number of nitrogens with two attached hydrogens (primary N) is 1. The molecule has 3 N–H and O–H groups in total. The van der Waals surface area contributed by atoms with Gasteiger partial charge in [0.2, 0.25) is 0 Å². The second kappa shape index (κ2) is 5.28. The molecule has 0 spiro atoms. The fourth-order valence-electron chi connectivity index (χ4n) is 2.08. The molecule has 3 nitrogen and oxygen atoms in total. The van der Waals surface area contributed by atoms with Crippen LogP contribution in [0.3, 0.4) is 0 Å². The zero-order chi connectivity index (χ0) is 11.5. The Hall–Kier alpha value is -0.120. The quantitative estimate of drug-likeness (QED) is 0.702. The lowest BCUT2D eigenvalue weighted by atomic mass is 9.64. The maximum Gasteiger partial charge on any atom is 0.0656 e. The van der Waals surface area contributed by atoms with E-state index in [2.05, 4.69) is 33.0 Å². The van der Waals surface area contributed by atoms with E-state index >= 15 is 0 Å². The smallest absolute Gasteiger partial charge is 0.0656 e. The van der Waals surface area contributed by atoms with E-state index in [0.29, 0.717) is 24.6 Å². The van der Waals surface area contributed by atoms with E-state index in [0.717, 1.165) is 19.6 Å². The molecule has 0 heterocycles. The van der Waals surface area contributed by atoms with Crippen molar-refractivity contribution in [2.75, 3.05) is 19.7 Å². The molecule has 3 heteroatoms. The van der Waals surface area contributed by atoms with Gasteiger partial charge in [-0.3, -0.25) is 0 Å². The average Bonchev–Trinajstić information content (AvgIpc) is 2.15. The Morgan fingerprint density at radius 2 is 2.13 bits per heavy atom. The fraction of sp³-hybridized carbons (Fsp3) is 1.00. The number of hydrogen-bond donors (Lipinski definition) is 2. The summed E-state index contributed by atoms with van der Waals surface area (Å²) in [5.74, 6) is 0.622. The summed E-state index contributed by atoms with van der Waals surface area (Å²) in [5.41, 5.74) is 5.74. The molecule has 1 rings (SSSR count). The van der Waals surface area contributed by atoms with Gasteiger partial charge in [0.1, 0.15) is 0 Å². The molecule has 0 bridgehead atoms. The first-order valence-corrected chi connectivity index (χ1v) is 6.03.